The van der Waals surface area contributed by atoms with E-state index < -0.39 is 22.5 Å². The molecule has 1 aromatic rings. The summed E-state index contributed by atoms with van der Waals surface area (Å²) >= 11 is 5.44. The Labute approximate surface area is 167 Å². The number of piperidine rings is 1. The number of hydrogen-bond acceptors (Lipinski definition) is 6. The highest BCUT2D eigenvalue weighted by atomic mass is 35.5. The number of rotatable bonds is 3. The van der Waals surface area contributed by atoms with Crippen molar-refractivity contribution >= 4 is 22.8 Å². The molecule has 2 bridgehead atoms. The van der Waals surface area contributed by atoms with Crippen LogP contribution in [0.1, 0.15) is 43.2 Å². The molecule has 6 nitrogen and oxygen atoms in total. The third-order valence-corrected chi connectivity index (χ3v) is 7.81. The van der Waals surface area contributed by atoms with Gasteiger partial charge in [0.25, 0.3) is 0 Å². The maximum atomic E-state index is 12.9. The molecule has 0 aromatic heterocycles. The zero-order chi connectivity index (χ0) is 19.3. The van der Waals surface area contributed by atoms with Crippen LogP contribution in [0.4, 0.5) is 4.79 Å². The fourth-order valence-electron chi connectivity index (χ4n) is 6.42. The van der Waals surface area contributed by atoms with Crippen molar-refractivity contribution in [1.82, 2.24) is 4.90 Å². The monoisotopic (exact) mass is 403 g/mol. The number of halogens is 1. The summed E-state index contributed by atoms with van der Waals surface area (Å²) in [5, 5.41) is 12.1. The normalized spacial score (nSPS) is 38.0. The van der Waals surface area contributed by atoms with Gasteiger partial charge < -0.3 is 14.6 Å². The van der Waals surface area contributed by atoms with Gasteiger partial charge in [0.1, 0.15) is 0 Å². The van der Waals surface area contributed by atoms with Crippen molar-refractivity contribution in [2.24, 2.45) is 5.92 Å². The van der Waals surface area contributed by atoms with Gasteiger partial charge in [-0.25, -0.2) is 4.79 Å². The molecule has 3 fully saturated rings. The average Bonchev–Trinajstić information content (AvgIpc) is 3.38. The Morgan fingerprint density at radius 1 is 1.36 bits per heavy atom. The molecule has 5 aliphatic rings. The van der Waals surface area contributed by atoms with Crippen molar-refractivity contribution in [3.05, 3.63) is 23.3 Å². The minimum atomic E-state index is -1.01. The molecule has 1 N–H and O–H groups in total. The SMILES string of the molecule is O=C(Cl)Oc1ccc2c3c1OC1C(=O)CC[C@@]4(O)[C@@H](C2)N(CC2CC2)CC[C@]314. The van der Waals surface area contributed by atoms with Crippen LogP contribution in [0.2, 0.25) is 0 Å². The predicted octanol–water partition coefficient (Wildman–Crippen LogP) is 2.56. The summed E-state index contributed by atoms with van der Waals surface area (Å²) in [7, 11) is 0. The number of nitrogens with zero attached hydrogens (tertiary/aromatic N) is 1. The molecule has 6 rings (SSSR count). The zero-order valence-corrected chi connectivity index (χ0v) is 16.2. The Hall–Kier alpha value is -1.63. The highest BCUT2D eigenvalue weighted by Crippen LogP contribution is 2.65. The van der Waals surface area contributed by atoms with Gasteiger partial charge in [0, 0.05) is 36.2 Å². The van der Waals surface area contributed by atoms with Gasteiger partial charge in [-0.2, -0.15) is 0 Å². The lowest BCUT2D eigenvalue weighted by Gasteiger charge is -2.62. The van der Waals surface area contributed by atoms with E-state index in [0.717, 1.165) is 30.1 Å². The number of ether oxygens (including phenoxy) is 2. The summed E-state index contributed by atoms with van der Waals surface area (Å²) in [5.41, 5.74) is -0.769. The fourth-order valence-corrected chi connectivity index (χ4v) is 6.50. The number of benzene rings is 1. The molecule has 2 saturated carbocycles. The van der Waals surface area contributed by atoms with Gasteiger partial charge in [0.2, 0.25) is 0 Å². The van der Waals surface area contributed by atoms with Crippen molar-refractivity contribution in [3.8, 4) is 11.5 Å². The number of aliphatic hydroxyl groups is 1. The number of Topliss-reactive ketones (excluding diaryl/α,β-unsaturated/α-hetero) is 1. The van der Waals surface area contributed by atoms with Gasteiger partial charge in [-0.3, -0.25) is 9.69 Å². The van der Waals surface area contributed by atoms with Crippen LogP contribution in [-0.2, 0) is 16.6 Å². The second kappa shape index (κ2) is 5.49. The third kappa shape index (κ3) is 2.01. The van der Waals surface area contributed by atoms with Gasteiger partial charge in [-0.1, -0.05) is 6.07 Å². The molecule has 3 aliphatic carbocycles. The van der Waals surface area contributed by atoms with E-state index in [0.29, 0.717) is 31.4 Å². The minimum absolute atomic E-state index is 0.0130. The minimum Gasteiger partial charge on any atom is -0.477 e. The van der Waals surface area contributed by atoms with Gasteiger partial charge in [0.15, 0.2) is 23.4 Å². The molecule has 0 amide bonds. The Kier molecular flexibility index (Phi) is 3.38. The van der Waals surface area contributed by atoms with Crippen LogP contribution >= 0.6 is 11.6 Å². The van der Waals surface area contributed by atoms with Gasteiger partial charge in [-0.15, -0.1) is 0 Å². The number of carbonyl (C=O) groups excluding carboxylic acids is 2. The number of ketones is 1. The van der Waals surface area contributed by atoms with E-state index in [1.165, 1.54) is 12.8 Å². The van der Waals surface area contributed by atoms with Crippen molar-refractivity contribution in [2.45, 2.75) is 61.7 Å². The van der Waals surface area contributed by atoms with Crippen LogP contribution < -0.4 is 9.47 Å². The Balaban J connectivity index is 1.54. The molecule has 28 heavy (non-hydrogen) atoms. The summed E-state index contributed by atoms with van der Waals surface area (Å²) in [4.78, 5) is 26.7. The van der Waals surface area contributed by atoms with Crippen LogP contribution in [0, 0.1) is 5.92 Å². The summed E-state index contributed by atoms with van der Waals surface area (Å²) < 4.78 is 11.3. The Morgan fingerprint density at radius 3 is 2.93 bits per heavy atom. The van der Waals surface area contributed by atoms with E-state index in [1.807, 2.05) is 6.07 Å². The highest BCUT2D eigenvalue weighted by molar-refractivity contribution is 6.61. The van der Waals surface area contributed by atoms with Crippen LogP contribution in [0.3, 0.4) is 0 Å². The first-order valence-electron chi connectivity index (χ1n) is 10.1. The molecular formula is C21H22ClNO5. The predicted molar refractivity (Wildman–Crippen MR) is 100 cm³/mol. The van der Waals surface area contributed by atoms with Crippen LogP contribution in [-0.4, -0.2) is 52.1 Å². The summed E-state index contributed by atoms with van der Waals surface area (Å²) in [6.45, 7) is 1.86. The lowest BCUT2D eigenvalue weighted by Crippen LogP contribution is -2.76. The molecule has 1 aromatic carbocycles. The number of hydrogen-bond donors (Lipinski definition) is 1. The molecular weight excluding hydrogens is 382 g/mol. The second-order valence-corrected chi connectivity index (χ2v) is 9.34. The first-order chi connectivity index (χ1) is 13.4. The molecule has 1 unspecified atom stereocenters. The van der Waals surface area contributed by atoms with E-state index in [9.17, 15) is 14.7 Å². The largest absolute Gasteiger partial charge is 0.477 e. The van der Waals surface area contributed by atoms with Gasteiger partial charge in [0.05, 0.1) is 11.0 Å². The van der Waals surface area contributed by atoms with Crippen molar-refractivity contribution in [1.29, 1.82) is 0 Å². The molecule has 7 heteroatoms. The molecule has 1 spiro atoms. The van der Waals surface area contributed by atoms with E-state index in [4.69, 9.17) is 21.1 Å². The first-order valence-corrected chi connectivity index (χ1v) is 10.5. The lowest BCUT2D eigenvalue weighted by atomic mass is 9.49. The fraction of sp³-hybridized carbons (Fsp3) is 0.619. The lowest BCUT2D eigenvalue weighted by molar-refractivity contribution is -0.188. The zero-order valence-electron chi connectivity index (χ0n) is 15.4. The Morgan fingerprint density at radius 2 is 2.18 bits per heavy atom. The maximum absolute atomic E-state index is 12.9. The van der Waals surface area contributed by atoms with Crippen molar-refractivity contribution in [2.75, 3.05) is 13.1 Å². The standard InChI is InChI=1S/C21H22ClNO5/c22-19(25)27-14-4-3-12-9-15-21(26)6-5-13(24)18-20(21,16(12)17(14)28-18)7-8-23(15)10-11-1-2-11/h3-4,11,15,18,26H,1-2,5-10H2/t15-,18?,20+,21-/m1/s1. The smallest absolute Gasteiger partial charge is 0.409 e. The molecule has 4 atom stereocenters. The van der Waals surface area contributed by atoms with Gasteiger partial charge in [-0.05, 0) is 56.2 Å². The van der Waals surface area contributed by atoms with E-state index in [2.05, 4.69) is 4.90 Å². The van der Waals surface area contributed by atoms with Crippen molar-refractivity contribution in [3.63, 3.8) is 0 Å². The summed E-state index contributed by atoms with van der Waals surface area (Å²) in [5.74, 6) is 1.41. The van der Waals surface area contributed by atoms with E-state index >= 15 is 0 Å². The maximum Gasteiger partial charge on any atom is 0.409 e. The Bertz CT molecular complexity index is 914. The summed E-state index contributed by atoms with van der Waals surface area (Å²) in [6, 6.07) is 3.62. The molecule has 2 heterocycles. The molecule has 2 aliphatic heterocycles. The van der Waals surface area contributed by atoms with Crippen LogP contribution in [0.15, 0.2) is 12.1 Å². The molecule has 0 radical (unpaired) electrons. The highest BCUT2D eigenvalue weighted by Gasteiger charge is 2.73. The number of carbonyl (C=O) groups is 2. The molecule has 148 valence electrons. The number of likely N-dealkylation sites (tertiary alicyclic amines) is 1. The van der Waals surface area contributed by atoms with E-state index in [1.54, 1.807) is 6.07 Å². The van der Waals surface area contributed by atoms with Crippen LogP contribution in [0.5, 0.6) is 11.5 Å². The topological polar surface area (TPSA) is 76.1 Å². The van der Waals surface area contributed by atoms with Crippen LogP contribution in [0.25, 0.3) is 0 Å². The second-order valence-electron chi connectivity index (χ2n) is 9.03. The van der Waals surface area contributed by atoms with E-state index in [-0.39, 0.29) is 17.6 Å². The average molecular weight is 404 g/mol. The van der Waals surface area contributed by atoms with Crippen molar-refractivity contribution < 1.29 is 24.2 Å². The quantitative estimate of drug-likeness (QED) is 0.782. The summed E-state index contributed by atoms with van der Waals surface area (Å²) in [6.07, 6.45) is 3.96. The molecule has 1 saturated heterocycles. The first kappa shape index (κ1) is 17.2. The van der Waals surface area contributed by atoms with Gasteiger partial charge >= 0.3 is 5.43 Å². The third-order valence-electron chi connectivity index (χ3n) is 7.73.